The number of nitrogens with two attached hydrogens (primary N) is 1. The average Bonchev–Trinajstić information content (AvgIpc) is 3.59. The van der Waals surface area contributed by atoms with Gasteiger partial charge >= 0.3 is 5.97 Å². The molecule has 0 spiro atoms. The third-order valence-corrected chi connectivity index (χ3v) is 9.60. The Morgan fingerprint density at radius 3 is 2.56 bits per heavy atom. The molecule has 15 heteroatoms. The summed E-state index contributed by atoms with van der Waals surface area (Å²) in [6.45, 7) is 7.44. The van der Waals surface area contributed by atoms with Gasteiger partial charge in [-0.1, -0.05) is 36.6 Å². The van der Waals surface area contributed by atoms with Crippen LogP contribution in [-0.4, -0.2) is 111 Å². The van der Waals surface area contributed by atoms with Gasteiger partial charge in [-0.3, -0.25) is 14.3 Å². The van der Waals surface area contributed by atoms with Crippen molar-refractivity contribution in [3.63, 3.8) is 0 Å². The molecule has 2 fully saturated rings. The van der Waals surface area contributed by atoms with E-state index in [1.165, 1.54) is 32.1 Å². The van der Waals surface area contributed by atoms with Gasteiger partial charge < -0.3 is 42.3 Å². The number of aryl methyl sites for hydroxylation is 1. The standard InChI is InChI=1S/C35H56N12O3/c36-30(34(49)50)12-13-32(48)39-19-23-46-21-14-27(15-22-46)41-33-29-10-4-5-11-31(29)42-35(43-33)40-24-28-25-47(45-44-28)20-7-17-37-16-6-18-38-26-8-2-1-3-9-26/h4-5,10-11,25-27,30,37-38H,1-3,6-9,12-24,36H2,(H,39,48)(H,49,50)(H2,40,41,42,43)/t30-/m0/s1. The van der Waals surface area contributed by atoms with Crippen molar-refractivity contribution in [3.05, 3.63) is 36.2 Å². The summed E-state index contributed by atoms with van der Waals surface area (Å²) in [6, 6.07) is 8.00. The minimum absolute atomic E-state index is 0.111. The molecule has 15 nitrogen and oxygen atoms in total. The number of para-hydroxylation sites is 1. The number of aromatic nitrogens is 5. The Morgan fingerprint density at radius 1 is 0.940 bits per heavy atom. The Morgan fingerprint density at radius 2 is 1.74 bits per heavy atom. The first-order valence-electron chi connectivity index (χ1n) is 18.5. The fourth-order valence-corrected chi connectivity index (χ4v) is 6.63. The number of aliphatic carboxylic acids is 1. The zero-order chi connectivity index (χ0) is 35.0. The van der Waals surface area contributed by atoms with Gasteiger partial charge in [-0.2, -0.15) is 4.98 Å². The number of nitrogens with zero attached hydrogens (tertiary/aromatic N) is 6. The number of carbonyl (C=O) groups excluding carboxylic acids is 1. The number of benzene rings is 1. The molecule has 1 amide bonds. The molecular weight excluding hydrogens is 636 g/mol. The number of carbonyl (C=O) groups is 2. The van der Waals surface area contributed by atoms with Crippen molar-refractivity contribution in [2.24, 2.45) is 5.73 Å². The summed E-state index contributed by atoms with van der Waals surface area (Å²) in [7, 11) is 0. The number of nitrogens with one attached hydrogen (secondary N) is 5. The molecule has 1 saturated heterocycles. The lowest BCUT2D eigenvalue weighted by molar-refractivity contribution is -0.138. The van der Waals surface area contributed by atoms with Gasteiger partial charge in [0.25, 0.3) is 0 Å². The highest BCUT2D eigenvalue weighted by Crippen LogP contribution is 2.25. The number of carboxylic acids is 1. The number of piperidine rings is 1. The van der Waals surface area contributed by atoms with E-state index in [-0.39, 0.29) is 24.8 Å². The fraction of sp³-hybridized carbons (Fsp3) is 0.657. The maximum absolute atomic E-state index is 12.0. The van der Waals surface area contributed by atoms with E-state index in [1.807, 2.05) is 35.1 Å². The molecule has 1 atom stereocenters. The number of fused-ring (bicyclic) bond motifs is 1. The van der Waals surface area contributed by atoms with Crippen molar-refractivity contribution in [2.45, 2.75) is 102 Å². The Balaban J connectivity index is 0.997. The van der Waals surface area contributed by atoms with Gasteiger partial charge in [0.15, 0.2) is 0 Å². The Bertz CT molecular complexity index is 1470. The number of rotatable bonds is 21. The van der Waals surface area contributed by atoms with Crippen molar-refractivity contribution >= 4 is 34.5 Å². The molecule has 1 aromatic carbocycles. The number of anilines is 2. The van der Waals surface area contributed by atoms with Gasteiger partial charge in [0.1, 0.15) is 17.6 Å². The minimum atomic E-state index is -1.09. The van der Waals surface area contributed by atoms with Gasteiger partial charge in [-0.05, 0) is 76.7 Å². The largest absolute Gasteiger partial charge is 0.480 e. The van der Waals surface area contributed by atoms with Crippen molar-refractivity contribution in [1.82, 2.24) is 45.8 Å². The van der Waals surface area contributed by atoms with Crippen LogP contribution in [0.15, 0.2) is 30.5 Å². The van der Waals surface area contributed by atoms with Gasteiger partial charge in [0.2, 0.25) is 11.9 Å². The van der Waals surface area contributed by atoms with Crippen molar-refractivity contribution in [3.8, 4) is 0 Å². The molecule has 1 aliphatic heterocycles. The first-order chi connectivity index (χ1) is 24.4. The first-order valence-corrected chi connectivity index (χ1v) is 18.5. The van der Waals surface area contributed by atoms with Gasteiger partial charge in [-0.25, -0.2) is 4.98 Å². The first kappa shape index (κ1) is 37.3. The maximum Gasteiger partial charge on any atom is 0.320 e. The predicted molar refractivity (Wildman–Crippen MR) is 195 cm³/mol. The van der Waals surface area contributed by atoms with Crippen LogP contribution >= 0.6 is 0 Å². The second-order valence-electron chi connectivity index (χ2n) is 13.6. The molecular formula is C35H56N12O3. The quantitative estimate of drug-likeness (QED) is 0.0803. The molecule has 2 aliphatic rings. The molecule has 2 aromatic heterocycles. The molecule has 274 valence electrons. The fourth-order valence-electron chi connectivity index (χ4n) is 6.63. The summed E-state index contributed by atoms with van der Waals surface area (Å²) in [5, 5.41) is 35.7. The molecule has 50 heavy (non-hydrogen) atoms. The summed E-state index contributed by atoms with van der Waals surface area (Å²) >= 11 is 0. The predicted octanol–water partition coefficient (Wildman–Crippen LogP) is 2.31. The number of carboxylic acid groups (broad SMARTS) is 1. The number of amides is 1. The Labute approximate surface area is 294 Å². The van der Waals surface area contributed by atoms with E-state index < -0.39 is 12.0 Å². The lowest BCUT2D eigenvalue weighted by atomic mass is 9.95. The molecule has 0 bridgehead atoms. The van der Waals surface area contributed by atoms with Crippen LogP contribution in [0, 0.1) is 0 Å². The molecule has 8 N–H and O–H groups in total. The number of hydrogen-bond acceptors (Lipinski definition) is 12. The molecule has 0 radical (unpaired) electrons. The van der Waals surface area contributed by atoms with Crippen LogP contribution in [0.2, 0.25) is 0 Å². The normalized spacial score (nSPS) is 16.7. The van der Waals surface area contributed by atoms with Gasteiger partial charge in [-0.15, -0.1) is 5.10 Å². The highest BCUT2D eigenvalue weighted by Gasteiger charge is 2.21. The van der Waals surface area contributed by atoms with E-state index in [1.54, 1.807) is 0 Å². The van der Waals surface area contributed by atoms with E-state index in [9.17, 15) is 9.59 Å². The smallest absolute Gasteiger partial charge is 0.320 e. The van der Waals surface area contributed by atoms with Crippen molar-refractivity contribution < 1.29 is 14.7 Å². The lowest BCUT2D eigenvalue weighted by Crippen LogP contribution is -2.43. The molecule has 1 aliphatic carbocycles. The Kier molecular flexibility index (Phi) is 15.0. The summed E-state index contributed by atoms with van der Waals surface area (Å²) in [5.41, 5.74) is 7.19. The van der Waals surface area contributed by atoms with Crippen LogP contribution < -0.4 is 32.3 Å². The Hall–Kier alpha value is -3.92. The van der Waals surface area contributed by atoms with E-state index in [0.29, 0.717) is 19.0 Å². The molecule has 5 rings (SSSR count). The summed E-state index contributed by atoms with van der Waals surface area (Å²) in [4.78, 5) is 34.8. The van der Waals surface area contributed by atoms with Crippen LogP contribution in [0.4, 0.5) is 11.8 Å². The highest BCUT2D eigenvalue weighted by molar-refractivity contribution is 5.90. The minimum Gasteiger partial charge on any atom is -0.480 e. The zero-order valence-corrected chi connectivity index (χ0v) is 29.3. The lowest BCUT2D eigenvalue weighted by Gasteiger charge is -2.32. The van der Waals surface area contributed by atoms with Crippen LogP contribution in [0.3, 0.4) is 0 Å². The van der Waals surface area contributed by atoms with Gasteiger partial charge in [0.05, 0.1) is 18.3 Å². The van der Waals surface area contributed by atoms with Gasteiger partial charge in [0, 0.05) is 56.6 Å². The summed E-state index contributed by atoms with van der Waals surface area (Å²) < 4.78 is 1.90. The molecule has 3 aromatic rings. The third-order valence-electron chi connectivity index (χ3n) is 9.60. The number of likely N-dealkylation sites (tertiary alicyclic amines) is 1. The van der Waals surface area contributed by atoms with Crippen LogP contribution in [-0.2, 0) is 22.7 Å². The molecule has 3 heterocycles. The second kappa shape index (κ2) is 20.1. The van der Waals surface area contributed by atoms with Crippen LogP contribution in [0.5, 0.6) is 0 Å². The third kappa shape index (κ3) is 12.4. The SMILES string of the molecule is N[C@@H](CCC(=O)NCCN1CCC(Nc2nc(NCc3cn(CCCNCCCNC4CCCCC4)nn3)nc3ccccc23)CC1)C(=O)O. The topological polar surface area (TPSA) is 200 Å². The summed E-state index contributed by atoms with van der Waals surface area (Å²) in [5.74, 6) is 0.0919. The highest BCUT2D eigenvalue weighted by atomic mass is 16.4. The zero-order valence-electron chi connectivity index (χ0n) is 29.3. The van der Waals surface area contributed by atoms with E-state index in [4.69, 9.17) is 20.8 Å². The van der Waals surface area contributed by atoms with Crippen LogP contribution in [0.25, 0.3) is 10.9 Å². The monoisotopic (exact) mass is 692 g/mol. The number of hydrogen-bond donors (Lipinski definition) is 7. The van der Waals surface area contributed by atoms with Crippen molar-refractivity contribution in [1.29, 1.82) is 0 Å². The second-order valence-corrected chi connectivity index (χ2v) is 13.6. The van der Waals surface area contributed by atoms with Crippen LogP contribution in [0.1, 0.15) is 76.3 Å². The molecule has 0 unspecified atom stereocenters. The average molecular weight is 693 g/mol. The van der Waals surface area contributed by atoms with E-state index in [0.717, 1.165) is 100.0 Å². The van der Waals surface area contributed by atoms with E-state index >= 15 is 0 Å². The van der Waals surface area contributed by atoms with E-state index in [2.05, 4.69) is 41.8 Å². The summed E-state index contributed by atoms with van der Waals surface area (Å²) in [6.07, 6.45) is 13.1. The van der Waals surface area contributed by atoms with Crippen molar-refractivity contribution in [2.75, 3.05) is 56.4 Å². The maximum atomic E-state index is 12.0. The molecule has 1 saturated carbocycles.